The van der Waals surface area contributed by atoms with Crippen LogP contribution in [0.4, 0.5) is 5.69 Å². The number of imide groups is 1. The van der Waals surface area contributed by atoms with Crippen LogP contribution < -0.4 is 4.90 Å². The monoisotopic (exact) mass is 276 g/mol. The van der Waals surface area contributed by atoms with Gasteiger partial charge in [0.2, 0.25) is 11.8 Å². The molecule has 0 bridgehead atoms. The zero-order valence-electron chi connectivity index (χ0n) is 11.4. The second-order valence-corrected chi connectivity index (χ2v) is 4.97. The zero-order valence-corrected chi connectivity index (χ0v) is 11.4. The molecule has 1 aliphatic rings. The number of carbonyl (C=O) groups excluding carboxylic acids is 2. The molecule has 106 valence electrons. The first-order valence-corrected chi connectivity index (χ1v) is 6.25. The summed E-state index contributed by atoms with van der Waals surface area (Å²) in [6, 6.07) is 5.81. The van der Waals surface area contributed by atoms with Crippen molar-refractivity contribution in [2.24, 2.45) is 0 Å². The molecule has 2 rings (SSSR count). The number of benzene rings is 1. The number of hydrogen-bond donors (Lipinski definition) is 1. The minimum absolute atomic E-state index is 0.0158. The standard InChI is InChI=1S/C14H16N2O4/c1-9-3-10(2)5-11(4-9)15-6-12(17)16(8-14(19)20)13(18)7-15/h3-5H,6-8H2,1-2H3,(H,19,20). The number of carbonyl (C=O) groups is 3. The van der Waals surface area contributed by atoms with Crippen LogP contribution in [0.1, 0.15) is 11.1 Å². The van der Waals surface area contributed by atoms with Gasteiger partial charge in [-0.05, 0) is 37.1 Å². The number of aliphatic carboxylic acids is 1. The Morgan fingerprint density at radius 1 is 1.10 bits per heavy atom. The molecule has 1 aromatic carbocycles. The number of amides is 2. The third-order valence-corrected chi connectivity index (χ3v) is 3.12. The molecule has 2 amide bonds. The van der Waals surface area contributed by atoms with Gasteiger partial charge in [0, 0.05) is 5.69 Å². The van der Waals surface area contributed by atoms with E-state index in [1.807, 2.05) is 32.0 Å². The first kappa shape index (κ1) is 14.0. The van der Waals surface area contributed by atoms with Gasteiger partial charge in [-0.2, -0.15) is 0 Å². The van der Waals surface area contributed by atoms with E-state index in [0.29, 0.717) is 0 Å². The highest BCUT2D eigenvalue weighted by Gasteiger charge is 2.32. The Bertz CT molecular complexity index is 544. The van der Waals surface area contributed by atoms with Crippen LogP contribution in [0.25, 0.3) is 0 Å². The molecule has 0 spiro atoms. The van der Waals surface area contributed by atoms with Crippen LogP contribution in [-0.4, -0.2) is 47.4 Å². The van der Waals surface area contributed by atoms with Crippen molar-refractivity contribution < 1.29 is 19.5 Å². The number of aryl methyl sites for hydroxylation is 2. The van der Waals surface area contributed by atoms with E-state index in [0.717, 1.165) is 21.7 Å². The van der Waals surface area contributed by atoms with Crippen molar-refractivity contribution in [2.75, 3.05) is 24.5 Å². The van der Waals surface area contributed by atoms with Crippen molar-refractivity contribution in [2.45, 2.75) is 13.8 Å². The molecule has 20 heavy (non-hydrogen) atoms. The van der Waals surface area contributed by atoms with Gasteiger partial charge in [-0.3, -0.25) is 19.3 Å². The zero-order chi connectivity index (χ0) is 14.9. The third kappa shape index (κ3) is 2.96. The Kier molecular flexibility index (Phi) is 3.74. The van der Waals surface area contributed by atoms with Crippen molar-refractivity contribution in [3.63, 3.8) is 0 Å². The Morgan fingerprint density at radius 2 is 1.60 bits per heavy atom. The number of nitrogens with zero attached hydrogens (tertiary/aromatic N) is 2. The summed E-state index contributed by atoms with van der Waals surface area (Å²) in [6.07, 6.45) is 0. The van der Waals surface area contributed by atoms with Crippen LogP contribution in [0.5, 0.6) is 0 Å². The molecule has 0 saturated carbocycles. The van der Waals surface area contributed by atoms with Crippen molar-refractivity contribution in [1.29, 1.82) is 0 Å². The van der Waals surface area contributed by atoms with Gasteiger partial charge < -0.3 is 10.0 Å². The van der Waals surface area contributed by atoms with E-state index in [1.54, 1.807) is 4.90 Å². The molecule has 0 aliphatic carbocycles. The molecule has 6 nitrogen and oxygen atoms in total. The van der Waals surface area contributed by atoms with E-state index in [9.17, 15) is 14.4 Å². The summed E-state index contributed by atoms with van der Waals surface area (Å²) in [6.45, 7) is 3.35. The molecular weight excluding hydrogens is 260 g/mol. The Hall–Kier alpha value is -2.37. The highest BCUT2D eigenvalue weighted by Crippen LogP contribution is 2.21. The maximum Gasteiger partial charge on any atom is 0.323 e. The van der Waals surface area contributed by atoms with E-state index < -0.39 is 24.3 Å². The number of piperazine rings is 1. The molecule has 1 fully saturated rings. The number of carboxylic acid groups (broad SMARTS) is 1. The molecule has 1 N–H and O–H groups in total. The van der Waals surface area contributed by atoms with Gasteiger partial charge >= 0.3 is 5.97 Å². The molecule has 0 atom stereocenters. The fourth-order valence-electron chi connectivity index (χ4n) is 2.32. The lowest BCUT2D eigenvalue weighted by atomic mass is 10.1. The largest absolute Gasteiger partial charge is 0.480 e. The van der Waals surface area contributed by atoms with Crippen LogP contribution in [0.2, 0.25) is 0 Å². The minimum atomic E-state index is -1.19. The summed E-state index contributed by atoms with van der Waals surface area (Å²) in [5.74, 6) is -2.16. The lowest BCUT2D eigenvalue weighted by molar-refractivity contribution is -0.153. The summed E-state index contributed by atoms with van der Waals surface area (Å²) < 4.78 is 0. The Labute approximate surface area is 116 Å². The van der Waals surface area contributed by atoms with Gasteiger partial charge in [0.1, 0.15) is 6.54 Å². The first-order valence-electron chi connectivity index (χ1n) is 6.25. The predicted octanol–water partition coefficient (Wildman–Crippen LogP) is 0.563. The Morgan fingerprint density at radius 3 is 2.05 bits per heavy atom. The number of hydrogen-bond acceptors (Lipinski definition) is 4. The summed E-state index contributed by atoms with van der Waals surface area (Å²) in [4.78, 5) is 36.9. The molecule has 1 aliphatic heterocycles. The lowest BCUT2D eigenvalue weighted by Crippen LogP contribution is -2.55. The minimum Gasteiger partial charge on any atom is -0.480 e. The summed E-state index contributed by atoms with van der Waals surface area (Å²) in [5.41, 5.74) is 2.90. The van der Waals surface area contributed by atoms with Crippen LogP contribution in [-0.2, 0) is 14.4 Å². The second-order valence-electron chi connectivity index (χ2n) is 4.97. The smallest absolute Gasteiger partial charge is 0.323 e. The fourth-order valence-corrected chi connectivity index (χ4v) is 2.32. The lowest BCUT2D eigenvalue weighted by Gasteiger charge is -2.33. The highest BCUT2D eigenvalue weighted by atomic mass is 16.4. The van der Waals surface area contributed by atoms with Crippen LogP contribution in [0.15, 0.2) is 18.2 Å². The molecule has 1 heterocycles. The topological polar surface area (TPSA) is 77.9 Å². The van der Waals surface area contributed by atoms with Gasteiger partial charge in [0.15, 0.2) is 0 Å². The summed E-state index contributed by atoms with van der Waals surface area (Å²) in [7, 11) is 0. The SMILES string of the molecule is Cc1cc(C)cc(N2CC(=O)N(CC(=O)O)C(=O)C2)c1. The fraction of sp³-hybridized carbons (Fsp3) is 0.357. The molecular formula is C14H16N2O4. The van der Waals surface area contributed by atoms with Crippen molar-refractivity contribution in [3.8, 4) is 0 Å². The van der Waals surface area contributed by atoms with Gasteiger partial charge in [0.05, 0.1) is 13.1 Å². The quantitative estimate of drug-likeness (QED) is 0.816. The Balaban J connectivity index is 2.20. The predicted molar refractivity (Wildman–Crippen MR) is 72.5 cm³/mol. The first-order chi connectivity index (χ1) is 9.36. The number of carboxylic acids is 1. The van der Waals surface area contributed by atoms with Crippen LogP contribution in [0.3, 0.4) is 0 Å². The maximum absolute atomic E-state index is 11.9. The summed E-state index contributed by atoms with van der Waals surface area (Å²) >= 11 is 0. The second kappa shape index (κ2) is 5.32. The van der Waals surface area contributed by atoms with E-state index in [2.05, 4.69) is 0 Å². The molecule has 1 aromatic rings. The highest BCUT2D eigenvalue weighted by molar-refractivity contribution is 6.04. The molecule has 0 aromatic heterocycles. The van der Waals surface area contributed by atoms with Gasteiger partial charge in [-0.15, -0.1) is 0 Å². The average Bonchev–Trinajstić information content (AvgIpc) is 2.32. The van der Waals surface area contributed by atoms with E-state index in [4.69, 9.17) is 5.11 Å². The molecule has 6 heteroatoms. The van der Waals surface area contributed by atoms with Crippen molar-refractivity contribution >= 4 is 23.5 Å². The number of rotatable bonds is 3. The van der Waals surface area contributed by atoms with Crippen LogP contribution in [0, 0.1) is 13.8 Å². The molecule has 1 saturated heterocycles. The molecule has 0 radical (unpaired) electrons. The van der Waals surface area contributed by atoms with Gasteiger partial charge in [-0.1, -0.05) is 6.07 Å². The third-order valence-electron chi connectivity index (χ3n) is 3.12. The summed E-state index contributed by atoms with van der Waals surface area (Å²) in [5, 5.41) is 8.70. The normalized spacial score (nSPS) is 15.7. The van der Waals surface area contributed by atoms with Crippen molar-refractivity contribution in [3.05, 3.63) is 29.3 Å². The van der Waals surface area contributed by atoms with E-state index >= 15 is 0 Å². The maximum atomic E-state index is 11.9. The van der Waals surface area contributed by atoms with Crippen LogP contribution >= 0.6 is 0 Å². The van der Waals surface area contributed by atoms with Gasteiger partial charge in [0.25, 0.3) is 0 Å². The van der Waals surface area contributed by atoms with E-state index in [-0.39, 0.29) is 13.1 Å². The average molecular weight is 276 g/mol. The molecule has 0 unspecified atom stereocenters. The van der Waals surface area contributed by atoms with Gasteiger partial charge in [-0.25, -0.2) is 0 Å². The number of anilines is 1. The van der Waals surface area contributed by atoms with E-state index in [1.165, 1.54) is 0 Å². The van der Waals surface area contributed by atoms with Crippen molar-refractivity contribution in [1.82, 2.24) is 4.90 Å².